The van der Waals surface area contributed by atoms with Gasteiger partial charge in [-0.05, 0) is 36.5 Å². The lowest BCUT2D eigenvalue weighted by Crippen LogP contribution is -2.20. The molecule has 1 heterocycles. The molecule has 0 unspecified atom stereocenters. The van der Waals surface area contributed by atoms with Gasteiger partial charge in [0.2, 0.25) is 15.8 Å². The van der Waals surface area contributed by atoms with Crippen molar-refractivity contribution < 1.29 is 30.4 Å². The van der Waals surface area contributed by atoms with Gasteiger partial charge in [-0.1, -0.05) is 0 Å². The first-order valence-corrected chi connectivity index (χ1v) is 10.2. The molecule has 0 radical (unpaired) electrons. The normalized spacial score (nSPS) is 11.4. The highest BCUT2D eigenvalue weighted by molar-refractivity contribution is 7.89. The molecular formula is C17H12F5N5O2S2. The van der Waals surface area contributed by atoms with Crippen LogP contribution in [-0.2, 0) is 16.6 Å². The van der Waals surface area contributed by atoms with E-state index >= 15 is 0 Å². The molecule has 3 rings (SSSR count). The van der Waals surface area contributed by atoms with Crippen molar-refractivity contribution in [3.63, 3.8) is 0 Å². The lowest BCUT2D eigenvalue weighted by atomic mass is 10.1. The molecule has 0 aliphatic heterocycles. The minimum Gasteiger partial charge on any atom is -0.332 e. The summed E-state index contributed by atoms with van der Waals surface area (Å²) in [5, 5.41) is 14.3. The standard InChI is InChI=1S/C17H12F5N5O2S2/c18-12-10(13(19)15(21)16(22)14(12)20)7-27-6-5-11(26-27)25-17(30)24-8-1-3-9(4-2-8)31(23,28)29/h1-6H,7H2,(H2,23,28,29)(H2,24,25,26,30). The number of nitrogens with zero attached hydrogens (tertiary/aromatic N) is 2. The highest BCUT2D eigenvalue weighted by Gasteiger charge is 2.25. The minimum absolute atomic E-state index is 0.0323. The van der Waals surface area contributed by atoms with Crippen LogP contribution in [0.5, 0.6) is 0 Å². The largest absolute Gasteiger partial charge is 0.332 e. The second kappa shape index (κ2) is 8.56. The van der Waals surface area contributed by atoms with Crippen molar-refractivity contribution in [2.45, 2.75) is 11.4 Å². The van der Waals surface area contributed by atoms with Gasteiger partial charge in [0.05, 0.1) is 17.0 Å². The van der Waals surface area contributed by atoms with Gasteiger partial charge in [-0.3, -0.25) is 4.68 Å². The van der Waals surface area contributed by atoms with Crippen molar-refractivity contribution in [2.75, 3.05) is 10.6 Å². The van der Waals surface area contributed by atoms with Crippen molar-refractivity contribution in [2.24, 2.45) is 5.14 Å². The number of primary sulfonamides is 1. The number of nitrogens with one attached hydrogen (secondary N) is 2. The van der Waals surface area contributed by atoms with Gasteiger partial charge in [-0.25, -0.2) is 35.5 Å². The van der Waals surface area contributed by atoms with Crippen molar-refractivity contribution in [1.29, 1.82) is 0 Å². The molecule has 0 bridgehead atoms. The number of thiocarbonyl (C=S) groups is 1. The fraction of sp³-hybridized carbons (Fsp3) is 0.0588. The third kappa shape index (κ3) is 4.98. The maximum absolute atomic E-state index is 13.8. The first kappa shape index (κ1) is 22.6. The second-order valence-corrected chi connectivity index (χ2v) is 8.07. The van der Waals surface area contributed by atoms with Crippen LogP contribution in [0, 0.1) is 29.1 Å². The zero-order valence-electron chi connectivity index (χ0n) is 15.2. The summed E-state index contributed by atoms with van der Waals surface area (Å²) in [6.45, 7) is -0.720. The summed E-state index contributed by atoms with van der Waals surface area (Å²) >= 11 is 5.08. The Morgan fingerprint density at radius 3 is 2.03 bits per heavy atom. The first-order chi connectivity index (χ1) is 14.5. The van der Waals surface area contributed by atoms with E-state index in [1.807, 2.05) is 0 Å². The van der Waals surface area contributed by atoms with Gasteiger partial charge < -0.3 is 10.6 Å². The number of benzene rings is 2. The zero-order valence-corrected chi connectivity index (χ0v) is 16.8. The Labute approximate surface area is 177 Å². The van der Waals surface area contributed by atoms with Crippen LogP contribution in [0.2, 0.25) is 0 Å². The molecule has 31 heavy (non-hydrogen) atoms. The fourth-order valence-electron chi connectivity index (χ4n) is 2.47. The molecule has 0 spiro atoms. The highest BCUT2D eigenvalue weighted by atomic mass is 32.2. The van der Waals surface area contributed by atoms with E-state index in [0.29, 0.717) is 5.69 Å². The molecule has 0 saturated heterocycles. The molecule has 0 aliphatic carbocycles. The Kier molecular flexibility index (Phi) is 6.24. The third-order valence-electron chi connectivity index (χ3n) is 3.94. The fourth-order valence-corrected chi connectivity index (χ4v) is 3.21. The van der Waals surface area contributed by atoms with Gasteiger partial charge in [0, 0.05) is 18.0 Å². The SMILES string of the molecule is NS(=O)(=O)c1ccc(NC(=S)Nc2ccn(Cc3c(F)c(F)c(F)c(F)c3F)n2)cc1. The molecule has 2 aromatic carbocycles. The number of nitrogens with two attached hydrogens (primary N) is 1. The Hall–Kier alpha value is -3.10. The first-order valence-electron chi connectivity index (χ1n) is 8.22. The van der Waals surface area contributed by atoms with Crippen molar-refractivity contribution in [3.8, 4) is 0 Å². The van der Waals surface area contributed by atoms with Gasteiger partial charge in [0.25, 0.3) is 0 Å². The van der Waals surface area contributed by atoms with Crippen LogP contribution in [0.1, 0.15) is 5.56 Å². The smallest absolute Gasteiger partial charge is 0.238 e. The average molecular weight is 477 g/mol. The quantitative estimate of drug-likeness (QED) is 0.226. The molecule has 0 saturated carbocycles. The summed E-state index contributed by atoms with van der Waals surface area (Å²) in [7, 11) is -3.84. The maximum atomic E-state index is 13.8. The number of hydrogen-bond acceptors (Lipinski definition) is 4. The van der Waals surface area contributed by atoms with Crippen molar-refractivity contribution in [3.05, 3.63) is 71.2 Å². The van der Waals surface area contributed by atoms with E-state index < -0.39 is 51.2 Å². The van der Waals surface area contributed by atoms with E-state index in [0.717, 1.165) is 4.68 Å². The summed E-state index contributed by atoms with van der Waals surface area (Å²) in [4.78, 5) is -0.0937. The van der Waals surface area contributed by atoms with Crippen LogP contribution in [0.25, 0.3) is 0 Å². The maximum Gasteiger partial charge on any atom is 0.238 e. The topological polar surface area (TPSA) is 102 Å². The van der Waals surface area contributed by atoms with Crippen LogP contribution in [0.15, 0.2) is 41.4 Å². The van der Waals surface area contributed by atoms with Crippen molar-refractivity contribution >= 4 is 38.9 Å². The second-order valence-electron chi connectivity index (χ2n) is 6.10. The number of aromatic nitrogens is 2. The van der Waals surface area contributed by atoms with Gasteiger partial charge in [0.15, 0.2) is 34.2 Å². The van der Waals surface area contributed by atoms with Gasteiger partial charge in [-0.2, -0.15) is 5.10 Å². The minimum atomic E-state index is -3.84. The molecule has 7 nitrogen and oxygen atoms in total. The van der Waals surface area contributed by atoms with E-state index in [9.17, 15) is 30.4 Å². The number of anilines is 2. The molecule has 3 aromatic rings. The third-order valence-corrected chi connectivity index (χ3v) is 5.08. The van der Waals surface area contributed by atoms with Crippen LogP contribution in [0.4, 0.5) is 33.5 Å². The summed E-state index contributed by atoms with van der Waals surface area (Å²) in [5.74, 6) is -10.1. The molecule has 4 N–H and O–H groups in total. The number of hydrogen-bond donors (Lipinski definition) is 3. The Bertz CT molecular complexity index is 1230. The summed E-state index contributed by atoms with van der Waals surface area (Å²) in [5.41, 5.74) is -0.618. The van der Waals surface area contributed by atoms with Gasteiger partial charge >= 0.3 is 0 Å². The van der Waals surface area contributed by atoms with E-state index in [1.165, 1.54) is 36.5 Å². The lowest BCUT2D eigenvalue weighted by Gasteiger charge is -2.10. The van der Waals surface area contributed by atoms with Crippen LogP contribution >= 0.6 is 12.2 Å². The number of rotatable bonds is 5. The molecule has 0 aliphatic rings. The van der Waals surface area contributed by atoms with Crippen molar-refractivity contribution in [1.82, 2.24) is 9.78 Å². The van der Waals surface area contributed by atoms with E-state index in [4.69, 9.17) is 17.4 Å². The van der Waals surface area contributed by atoms with Gasteiger partial charge in [-0.15, -0.1) is 0 Å². The lowest BCUT2D eigenvalue weighted by molar-refractivity contribution is 0.367. The monoisotopic (exact) mass is 477 g/mol. The molecule has 0 atom stereocenters. The summed E-state index contributed by atoms with van der Waals surface area (Å²) in [6, 6.07) is 6.70. The molecule has 0 fully saturated rings. The Morgan fingerprint density at radius 2 is 1.48 bits per heavy atom. The Balaban J connectivity index is 1.69. The van der Waals surface area contributed by atoms with Gasteiger partial charge in [0.1, 0.15) is 0 Å². The van der Waals surface area contributed by atoms with Crippen LogP contribution in [-0.4, -0.2) is 23.3 Å². The zero-order chi connectivity index (χ0) is 22.9. The molecule has 0 amide bonds. The van der Waals surface area contributed by atoms with E-state index in [-0.39, 0.29) is 15.8 Å². The van der Waals surface area contributed by atoms with Crippen LogP contribution in [0.3, 0.4) is 0 Å². The number of halogens is 5. The predicted octanol–water partition coefficient (Wildman–Crippen LogP) is 3.08. The average Bonchev–Trinajstić information content (AvgIpc) is 3.14. The predicted molar refractivity (Wildman–Crippen MR) is 105 cm³/mol. The summed E-state index contributed by atoms with van der Waals surface area (Å²) in [6.07, 6.45) is 1.24. The van der Waals surface area contributed by atoms with E-state index in [1.54, 1.807) is 0 Å². The molecule has 164 valence electrons. The molecule has 1 aromatic heterocycles. The van der Waals surface area contributed by atoms with Crippen LogP contribution < -0.4 is 15.8 Å². The molecule has 14 heteroatoms. The highest BCUT2D eigenvalue weighted by Crippen LogP contribution is 2.24. The van der Waals surface area contributed by atoms with E-state index in [2.05, 4.69) is 15.7 Å². The molecular weight excluding hydrogens is 465 g/mol. The Morgan fingerprint density at radius 1 is 0.935 bits per heavy atom. The summed E-state index contributed by atoms with van der Waals surface area (Å²) < 4.78 is 90.8. The number of sulfonamides is 1.